The predicted octanol–water partition coefficient (Wildman–Crippen LogP) is 4.12. The third-order valence-electron chi connectivity index (χ3n) is 2.76. The first-order valence-electron chi connectivity index (χ1n) is 6.64. The van der Waals surface area contributed by atoms with Crippen LogP contribution in [0, 0.1) is 5.92 Å². The molecule has 0 saturated carbocycles. The smallest absolute Gasteiger partial charge is 0.142 e. The summed E-state index contributed by atoms with van der Waals surface area (Å²) in [5, 5.41) is 6.03. The van der Waals surface area contributed by atoms with Crippen molar-refractivity contribution in [2.45, 2.75) is 27.0 Å². The average molecular weight is 311 g/mol. The van der Waals surface area contributed by atoms with E-state index in [0.717, 1.165) is 30.1 Å². The molecule has 0 atom stereocenters. The molecule has 0 radical (unpaired) electrons. The predicted molar refractivity (Wildman–Crippen MR) is 84.4 cm³/mol. The van der Waals surface area contributed by atoms with E-state index in [1.54, 1.807) is 16.8 Å². The summed E-state index contributed by atoms with van der Waals surface area (Å²) in [6.07, 6.45) is 0. The normalized spacial score (nSPS) is 11.0. The van der Waals surface area contributed by atoms with Crippen LogP contribution < -0.4 is 10.1 Å². The van der Waals surface area contributed by atoms with Crippen LogP contribution in [-0.2, 0) is 13.2 Å². The molecule has 1 aromatic heterocycles. The van der Waals surface area contributed by atoms with Crippen LogP contribution in [0.1, 0.15) is 25.1 Å². The molecule has 0 fully saturated rings. The van der Waals surface area contributed by atoms with E-state index in [9.17, 15) is 0 Å². The lowest BCUT2D eigenvalue weighted by atomic mass is 10.2. The first kappa shape index (κ1) is 15.3. The van der Waals surface area contributed by atoms with Crippen LogP contribution in [0.2, 0.25) is 5.02 Å². The van der Waals surface area contributed by atoms with Crippen molar-refractivity contribution in [1.29, 1.82) is 0 Å². The fourth-order valence-corrected chi connectivity index (χ4v) is 2.60. The quantitative estimate of drug-likeness (QED) is 0.835. The SMILES string of the molecule is CC(C)CNCc1cccc(Cl)c1OCc1cscn1. The van der Waals surface area contributed by atoms with Crippen LogP contribution in [0.25, 0.3) is 0 Å². The van der Waals surface area contributed by atoms with Gasteiger partial charge in [-0.25, -0.2) is 4.98 Å². The zero-order valence-corrected chi connectivity index (χ0v) is 13.3. The standard InChI is InChI=1S/C15H19ClN2OS/c1-11(2)6-17-7-12-4-3-5-14(16)15(12)19-8-13-9-20-10-18-13/h3-5,9-11,17H,6-8H2,1-2H3. The van der Waals surface area contributed by atoms with E-state index in [4.69, 9.17) is 16.3 Å². The Bertz CT molecular complexity index is 529. The number of nitrogens with zero attached hydrogens (tertiary/aromatic N) is 1. The van der Waals surface area contributed by atoms with Gasteiger partial charge in [-0.2, -0.15) is 0 Å². The van der Waals surface area contributed by atoms with Crippen molar-refractivity contribution in [3.8, 4) is 5.75 Å². The Morgan fingerprint density at radius 1 is 1.40 bits per heavy atom. The molecule has 0 amide bonds. The van der Waals surface area contributed by atoms with Gasteiger partial charge in [0, 0.05) is 17.5 Å². The Morgan fingerprint density at radius 3 is 2.95 bits per heavy atom. The van der Waals surface area contributed by atoms with E-state index < -0.39 is 0 Å². The van der Waals surface area contributed by atoms with Gasteiger partial charge in [0.1, 0.15) is 12.4 Å². The monoisotopic (exact) mass is 310 g/mol. The lowest BCUT2D eigenvalue weighted by Gasteiger charge is -2.14. The van der Waals surface area contributed by atoms with Crippen molar-refractivity contribution >= 4 is 22.9 Å². The van der Waals surface area contributed by atoms with Gasteiger partial charge in [0.15, 0.2) is 0 Å². The second-order valence-electron chi connectivity index (χ2n) is 5.02. The first-order chi connectivity index (χ1) is 9.66. The van der Waals surface area contributed by atoms with E-state index in [2.05, 4.69) is 24.1 Å². The molecule has 1 N–H and O–H groups in total. The lowest BCUT2D eigenvalue weighted by Crippen LogP contribution is -2.19. The van der Waals surface area contributed by atoms with Crippen molar-refractivity contribution < 1.29 is 4.74 Å². The van der Waals surface area contributed by atoms with Crippen molar-refractivity contribution in [3.63, 3.8) is 0 Å². The molecule has 3 nitrogen and oxygen atoms in total. The van der Waals surface area contributed by atoms with E-state index in [0.29, 0.717) is 17.5 Å². The molecular formula is C15H19ClN2OS. The summed E-state index contributed by atoms with van der Waals surface area (Å²) in [6, 6.07) is 5.84. The van der Waals surface area contributed by atoms with E-state index >= 15 is 0 Å². The molecule has 2 rings (SSSR count). The van der Waals surface area contributed by atoms with Crippen molar-refractivity contribution in [2.75, 3.05) is 6.54 Å². The molecule has 0 spiro atoms. The Labute approximate surface area is 129 Å². The third-order valence-corrected chi connectivity index (χ3v) is 3.70. The topological polar surface area (TPSA) is 34.1 Å². The summed E-state index contributed by atoms with van der Waals surface area (Å²) in [4.78, 5) is 4.21. The lowest BCUT2D eigenvalue weighted by molar-refractivity contribution is 0.298. The van der Waals surface area contributed by atoms with Crippen LogP contribution in [0.15, 0.2) is 29.1 Å². The van der Waals surface area contributed by atoms with Gasteiger partial charge in [0.25, 0.3) is 0 Å². The third kappa shape index (κ3) is 4.47. The van der Waals surface area contributed by atoms with Crippen LogP contribution in [0.4, 0.5) is 0 Å². The minimum Gasteiger partial charge on any atom is -0.485 e. The fourth-order valence-electron chi connectivity index (χ4n) is 1.80. The summed E-state index contributed by atoms with van der Waals surface area (Å²) in [5.41, 5.74) is 3.81. The van der Waals surface area contributed by atoms with Gasteiger partial charge in [-0.15, -0.1) is 11.3 Å². The Morgan fingerprint density at radius 2 is 2.25 bits per heavy atom. The van der Waals surface area contributed by atoms with Crippen LogP contribution in [0.3, 0.4) is 0 Å². The molecule has 108 valence electrons. The van der Waals surface area contributed by atoms with Gasteiger partial charge < -0.3 is 10.1 Å². The van der Waals surface area contributed by atoms with Gasteiger partial charge >= 0.3 is 0 Å². The maximum Gasteiger partial charge on any atom is 0.142 e. The van der Waals surface area contributed by atoms with Gasteiger partial charge in [-0.1, -0.05) is 37.6 Å². The Hall–Kier alpha value is -1.10. The highest BCUT2D eigenvalue weighted by Gasteiger charge is 2.09. The summed E-state index contributed by atoms with van der Waals surface area (Å²) < 4.78 is 5.84. The molecule has 20 heavy (non-hydrogen) atoms. The van der Waals surface area contributed by atoms with Crippen LogP contribution >= 0.6 is 22.9 Å². The molecule has 0 aliphatic rings. The molecule has 0 saturated heterocycles. The van der Waals surface area contributed by atoms with Crippen molar-refractivity contribution in [1.82, 2.24) is 10.3 Å². The zero-order chi connectivity index (χ0) is 14.4. The summed E-state index contributed by atoms with van der Waals surface area (Å²) in [6.45, 7) is 6.54. The molecule has 0 aliphatic carbocycles. The molecule has 1 aromatic carbocycles. The molecule has 2 aromatic rings. The van der Waals surface area contributed by atoms with Gasteiger partial charge in [-0.05, 0) is 18.5 Å². The van der Waals surface area contributed by atoms with Crippen molar-refractivity contribution in [2.24, 2.45) is 5.92 Å². The number of rotatable bonds is 7. The molecule has 0 bridgehead atoms. The number of ether oxygens (including phenoxy) is 1. The fraction of sp³-hybridized carbons (Fsp3) is 0.400. The van der Waals surface area contributed by atoms with Crippen LogP contribution in [0.5, 0.6) is 5.75 Å². The average Bonchev–Trinajstić information content (AvgIpc) is 2.90. The summed E-state index contributed by atoms with van der Waals surface area (Å²) >= 11 is 7.80. The van der Waals surface area contributed by atoms with Gasteiger partial charge in [-0.3, -0.25) is 0 Å². The maximum atomic E-state index is 6.24. The highest BCUT2D eigenvalue weighted by atomic mass is 35.5. The second-order valence-corrected chi connectivity index (χ2v) is 6.15. The number of aromatic nitrogens is 1. The van der Waals surface area contributed by atoms with Crippen LogP contribution in [-0.4, -0.2) is 11.5 Å². The number of thiazole rings is 1. The zero-order valence-electron chi connectivity index (χ0n) is 11.7. The minimum atomic E-state index is 0.449. The Kier molecular flexibility index (Phi) is 5.83. The Balaban J connectivity index is 2.01. The van der Waals surface area contributed by atoms with E-state index in [-0.39, 0.29) is 0 Å². The number of nitrogens with one attached hydrogen (secondary N) is 1. The largest absolute Gasteiger partial charge is 0.485 e. The maximum absolute atomic E-state index is 6.24. The van der Waals surface area contributed by atoms with Crippen molar-refractivity contribution in [3.05, 3.63) is 45.4 Å². The molecular weight excluding hydrogens is 292 g/mol. The molecule has 0 unspecified atom stereocenters. The van der Waals surface area contributed by atoms with Gasteiger partial charge in [0.05, 0.1) is 16.2 Å². The first-order valence-corrected chi connectivity index (χ1v) is 7.97. The highest BCUT2D eigenvalue weighted by molar-refractivity contribution is 7.07. The number of benzene rings is 1. The van der Waals surface area contributed by atoms with E-state index in [1.807, 2.05) is 23.6 Å². The van der Waals surface area contributed by atoms with Gasteiger partial charge in [0.2, 0.25) is 0 Å². The molecule has 0 aliphatic heterocycles. The summed E-state index contributed by atoms with van der Waals surface area (Å²) in [7, 11) is 0. The highest BCUT2D eigenvalue weighted by Crippen LogP contribution is 2.29. The summed E-state index contributed by atoms with van der Waals surface area (Å²) in [5.74, 6) is 1.37. The molecule has 1 heterocycles. The number of hydrogen-bond donors (Lipinski definition) is 1. The number of hydrogen-bond acceptors (Lipinski definition) is 4. The minimum absolute atomic E-state index is 0.449. The number of halogens is 1. The second kappa shape index (κ2) is 7.62. The number of para-hydroxylation sites is 1. The molecule has 5 heteroatoms. The van der Waals surface area contributed by atoms with E-state index in [1.165, 1.54) is 0 Å².